The third-order valence-corrected chi connectivity index (χ3v) is 13.9. The fourth-order valence-electron chi connectivity index (χ4n) is 2.81. The monoisotopic (exact) mass is 519 g/mol. The van der Waals surface area contributed by atoms with E-state index in [1.165, 1.54) is 22.9 Å². The van der Waals surface area contributed by atoms with Crippen LogP contribution in [0.2, 0.25) is 0 Å². The van der Waals surface area contributed by atoms with Gasteiger partial charge in [-0.15, -0.1) is 0 Å². The molecule has 0 saturated carbocycles. The van der Waals surface area contributed by atoms with E-state index in [1.54, 1.807) is 0 Å². The summed E-state index contributed by atoms with van der Waals surface area (Å²) in [5.41, 5.74) is 1.37. The molecule has 0 bridgehead atoms. The van der Waals surface area contributed by atoms with Gasteiger partial charge in [0.2, 0.25) is 0 Å². The number of hydrogen-bond donors (Lipinski definition) is 0. The summed E-state index contributed by atoms with van der Waals surface area (Å²) in [6, 6.07) is 24.2. The molecule has 3 heteroatoms. The average Bonchev–Trinajstić information content (AvgIpc) is 2.60. The number of halogens is 1. The first kappa shape index (κ1) is 16.9. The van der Waals surface area contributed by atoms with Crippen LogP contribution in [0.1, 0.15) is 18.5 Å². The second-order valence-electron chi connectivity index (χ2n) is 5.98. The Morgan fingerprint density at radius 2 is 1.43 bits per heavy atom. The molecule has 3 aromatic rings. The van der Waals surface area contributed by atoms with E-state index >= 15 is 0 Å². The maximum atomic E-state index is 7.15. The van der Waals surface area contributed by atoms with E-state index in [9.17, 15) is 0 Å². The molecule has 1 atom stereocenters. The molecule has 0 N–H and O–H groups in total. The minimum absolute atomic E-state index is 0.373. The second-order valence-corrected chi connectivity index (χ2v) is 14.9. The zero-order valence-electron chi connectivity index (χ0n) is 13.7. The molecule has 0 saturated heterocycles. The number of nitrogens with zero attached hydrogens (tertiary/aromatic N) is 1. The van der Waals surface area contributed by atoms with Gasteiger partial charge in [0.25, 0.3) is 0 Å². The van der Waals surface area contributed by atoms with Gasteiger partial charge in [-0.05, 0) is 0 Å². The van der Waals surface area contributed by atoms with Crippen LogP contribution in [0.15, 0.2) is 66.7 Å². The van der Waals surface area contributed by atoms with Crippen molar-refractivity contribution in [2.75, 3.05) is 14.1 Å². The standard InChI is InChI=1S/C10H14N.C10H7.Bi.ClH/c1-9(11(2)3)10-7-5-4-6-8-10;1-2-6-10-8-4-3-7-9(10)5-1;;/h4-7,9H,1-3H3;1-7H;;1H/q;;+1;/p-1/t9-;;;/m1.../s1. The number of fused-ring (bicyclic) bond motifs is 1. The predicted octanol–water partition coefficient (Wildman–Crippen LogP) is 3.81. The SMILES string of the molecule is C[C@H](c1cccc[c]1[Bi]([Cl])[c]1cccc2ccccc12)N(C)C. The zero-order valence-corrected chi connectivity index (χ0v) is 17.9. The molecule has 0 amide bonds. The van der Waals surface area contributed by atoms with Gasteiger partial charge in [0, 0.05) is 0 Å². The Bertz CT molecular complexity index is 810. The molecule has 0 heterocycles. The molecule has 0 fully saturated rings. The molecule has 0 aliphatic rings. The summed E-state index contributed by atoms with van der Waals surface area (Å²) in [7, 11) is 11.4. The van der Waals surface area contributed by atoms with Crippen LogP contribution in [0.3, 0.4) is 0 Å². The van der Waals surface area contributed by atoms with Crippen LogP contribution in [0.4, 0.5) is 0 Å². The van der Waals surface area contributed by atoms with Crippen LogP contribution in [0.25, 0.3) is 10.8 Å². The van der Waals surface area contributed by atoms with Gasteiger partial charge in [-0.2, -0.15) is 0 Å². The van der Waals surface area contributed by atoms with Crippen molar-refractivity contribution in [2.24, 2.45) is 0 Å². The van der Waals surface area contributed by atoms with Crippen LogP contribution >= 0.6 is 8.51 Å². The normalized spacial score (nSPS) is 13.0. The van der Waals surface area contributed by atoms with Crippen molar-refractivity contribution in [3.63, 3.8) is 0 Å². The Labute approximate surface area is 150 Å². The summed E-state index contributed by atoms with van der Waals surface area (Å²) in [4.78, 5) is 2.25. The zero-order chi connectivity index (χ0) is 16.4. The molecule has 23 heavy (non-hydrogen) atoms. The molecule has 3 rings (SSSR count). The van der Waals surface area contributed by atoms with Crippen molar-refractivity contribution < 1.29 is 0 Å². The first-order valence-electron chi connectivity index (χ1n) is 7.78. The third kappa shape index (κ3) is 3.45. The Morgan fingerprint density at radius 1 is 0.826 bits per heavy atom. The van der Waals surface area contributed by atoms with Gasteiger partial charge in [-0.1, -0.05) is 0 Å². The predicted molar refractivity (Wildman–Crippen MR) is 103 cm³/mol. The number of hydrogen-bond acceptors (Lipinski definition) is 1. The van der Waals surface area contributed by atoms with Crippen LogP contribution in [0.5, 0.6) is 0 Å². The van der Waals surface area contributed by atoms with E-state index in [0.717, 1.165) is 0 Å². The Kier molecular flexibility index (Phi) is 5.36. The summed E-state index contributed by atoms with van der Waals surface area (Å²) in [5.74, 6) is 0. The molecular weight excluding hydrogens is 499 g/mol. The van der Waals surface area contributed by atoms with Crippen molar-refractivity contribution in [2.45, 2.75) is 13.0 Å². The minimum atomic E-state index is -2.51. The Balaban J connectivity index is 2.12. The fourth-order valence-corrected chi connectivity index (χ4v) is 11.7. The van der Waals surface area contributed by atoms with E-state index in [4.69, 9.17) is 8.51 Å². The number of rotatable bonds is 4. The molecule has 0 unspecified atom stereocenters. The summed E-state index contributed by atoms with van der Waals surface area (Å²) in [6.45, 7) is 2.25. The van der Waals surface area contributed by atoms with Crippen molar-refractivity contribution in [1.29, 1.82) is 0 Å². The van der Waals surface area contributed by atoms with Gasteiger partial charge in [-0.3, -0.25) is 0 Å². The first-order valence-corrected chi connectivity index (χ1v) is 15.5. The summed E-state index contributed by atoms with van der Waals surface area (Å²) in [5, 5.41) is 2.60. The number of benzene rings is 3. The molecule has 0 aromatic heterocycles. The topological polar surface area (TPSA) is 3.24 Å². The molecule has 1 nitrogen and oxygen atoms in total. The molecule has 0 spiro atoms. The van der Waals surface area contributed by atoms with Gasteiger partial charge in [0.15, 0.2) is 0 Å². The quantitative estimate of drug-likeness (QED) is 0.474. The molecule has 118 valence electrons. The molecule has 3 aromatic carbocycles. The van der Waals surface area contributed by atoms with Crippen molar-refractivity contribution in [1.82, 2.24) is 4.90 Å². The average molecular weight is 520 g/mol. The van der Waals surface area contributed by atoms with Crippen LogP contribution in [-0.4, -0.2) is 39.6 Å². The van der Waals surface area contributed by atoms with Crippen molar-refractivity contribution in [3.8, 4) is 0 Å². The van der Waals surface area contributed by atoms with E-state index in [1.807, 2.05) is 0 Å². The van der Waals surface area contributed by atoms with E-state index in [2.05, 4.69) is 92.6 Å². The molecule has 0 aliphatic heterocycles. The molecule has 0 radical (unpaired) electrons. The summed E-state index contributed by atoms with van der Waals surface area (Å²) in [6.07, 6.45) is 0. The van der Waals surface area contributed by atoms with Crippen LogP contribution in [0, 0.1) is 0 Å². The van der Waals surface area contributed by atoms with Crippen LogP contribution < -0.4 is 6.54 Å². The Morgan fingerprint density at radius 3 is 2.22 bits per heavy atom. The van der Waals surface area contributed by atoms with E-state index in [-0.39, 0.29) is 0 Å². The fraction of sp³-hybridized carbons (Fsp3) is 0.200. The molecular formula is C20H21BiClN. The van der Waals surface area contributed by atoms with Gasteiger partial charge >= 0.3 is 151 Å². The van der Waals surface area contributed by atoms with Gasteiger partial charge in [-0.25, -0.2) is 0 Å². The van der Waals surface area contributed by atoms with Gasteiger partial charge in [0.1, 0.15) is 0 Å². The van der Waals surface area contributed by atoms with E-state index < -0.39 is 20.6 Å². The van der Waals surface area contributed by atoms with Crippen molar-refractivity contribution >= 4 is 46.4 Å². The maximum absolute atomic E-state index is 7.15. The van der Waals surface area contributed by atoms with E-state index in [0.29, 0.717) is 6.04 Å². The van der Waals surface area contributed by atoms with Crippen molar-refractivity contribution in [3.05, 3.63) is 72.3 Å². The molecule has 0 aliphatic carbocycles. The van der Waals surface area contributed by atoms with Gasteiger partial charge < -0.3 is 0 Å². The summed E-state index contributed by atoms with van der Waals surface area (Å²) < 4.78 is 2.76. The van der Waals surface area contributed by atoms with Crippen LogP contribution in [-0.2, 0) is 0 Å². The first-order chi connectivity index (χ1) is 11.1. The Hall–Kier alpha value is -0.947. The van der Waals surface area contributed by atoms with Gasteiger partial charge in [0.05, 0.1) is 0 Å². The third-order valence-electron chi connectivity index (χ3n) is 4.35. The summed E-state index contributed by atoms with van der Waals surface area (Å²) >= 11 is -2.51. The second kappa shape index (κ2) is 7.30.